The average Bonchev–Trinajstić information content (AvgIpc) is 2.95. The number of aryl methyl sites for hydroxylation is 2. The van der Waals surface area contributed by atoms with Gasteiger partial charge in [-0.1, -0.05) is 24.6 Å². The molecule has 0 saturated carbocycles. The van der Waals surface area contributed by atoms with Gasteiger partial charge in [0.1, 0.15) is 11.3 Å². The van der Waals surface area contributed by atoms with Crippen molar-refractivity contribution in [2.75, 3.05) is 5.32 Å². The number of halogens is 4. The maximum Gasteiger partial charge on any atom is 0.417 e. The van der Waals surface area contributed by atoms with Crippen LogP contribution in [0.3, 0.4) is 0 Å². The Morgan fingerprint density at radius 1 is 1.27 bits per heavy atom. The Balaban J connectivity index is 2.10. The van der Waals surface area contributed by atoms with Gasteiger partial charge in [0.25, 0.3) is 5.91 Å². The molecule has 8 heteroatoms. The van der Waals surface area contributed by atoms with Gasteiger partial charge < -0.3 is 5.32 Å². The summed E-state index contributed by atoms with van der Waals surface area (Å²) in [4.78, 5) is 17.1. The number of hydrogen-bond acceptors (Lipinski definition) is 2. The molecule has 0 aliphatic heterocycles. The number of pyridine rings is 1. The lowest BCUT2D eigenvalue weighted by atomic mass is 10.2. The second-order valence-electron chi connectivity index (χ2n) is 5.82. The van der Waals surface area contributed by atoms with Crippen LogP contribution >= 0.6 is 11.6 Å². The van der Waals surface area contributed by atoms with E-state index >= 15 is 0 Å². The van der Waals surface area contributed by atoms with Crippen LogP contribution in [0.25, 0.3) is 5.65 Å². The molecular weight excluding hydrogens is 367 g/mol. The van der Waals surface area contributed by atoms with E-state index < -0.39 is 17.6 Å². The summed E-state index contributed by atoms with van der Waals surface area (Å²) in [5.41, 5.74) is 1.20. The zero-order valence-corrected chi connectivity index (χ0v) is 14.7. The zero-order chi connectivity index (χ0) is 19.1. The second kappa shape index (κ2) is 6.64. The van der Waals surface area contributed by atoms with E-state index in [4.69, 9.17) is 11.6 Å². The van der Waals surface area contributed by atoms with E-state index in [-0.39, 0.29) is 11.3 Å². The van der Waals surface area contributed by atoms with Crippen LogP contribution in [0.2, 0.25) is 5.02 Å². The molecule has 3 aromatic rings. The van der Waals surface area contributed by atoms with Gasteiger partial charge in [0.2, 0.25) is 0 Å². The Morgan fingerprint density at radius 3 is 2.65 bits per heavy atom. The third-order valence-corrected chi connectivity index (χ3v) is 4.25. The standard InChI is InChI=1S/C18H15ClF3N3O/c1-3-13-16(17(26)24-14-8-12(19)6-4-10(14)2)25-9-11(18(20,21)22)5-7-15(25)23-13/h4-9H,3H2,1-2H3,(H,24,26). The van der Waals surface area contributed by atoms with Gasteiger partial charge in [-0.15, -0.1) is 0 Å². The monoisotopic (exact) mass is 381 g/mol. The molecule has 136 valence electrons. The quantitative estimate of drug-likeness (QED) is 0.683. The summed E-state index contributed by atoms with van der Waals surface area (Å²) in [6, 6.07) is 7.22. The first-order chi connectivity index (χ1) is 12.2. The number of rotatable bonds is 3. The minimum absolute atomic E-state index is 0.0768. The molecule has 1 amide bonds. The van der Waals surface area contributed by atoms with Crippen molar-refractivity contribution in [3.8, 4) is 0 Å². The summed E-state index contributed by atoms with van der Waals surface area (Å²) < 4.78 is 40.3. The van der Waals surface area contributed by atoms with Gasteiger partial charge in [0.15, 0.2) is 0 Å². The molecule has 2 heterocycles. The fourth-order valence-electron chi connectivity index (χ4n) is 2.66. The van der Waals surface area contributed by atoms with Gasteiger partial charge in [0.05, 0.1) is 11.3 Å². The average molecular weight is 382 g/mol. The summed E-state index contributed by atoms with van der Waals surface area (Å²) in [6.45, 7) is 3.58. The van der Waals surface area contributed by atoms with Crippen LogP contribution < -0.4 is 5.32 Å². The lowest BCUT2D eigenvalue weighted by Crippen LogP contribution is -2.17. The Morgan fingerprint density at radius 2 is 2.00 bits per heavy atom. The highest BCUT2D eigenvalue weighted by atomic mass is 35.5. The third-order valence-electron chi connectivity index (χ3n) is 4.02. The lowest BCUT2D eigenvalue weighted by Gasteiger charge is -2.11. The number of imidazole rings is 1. The van der Waals surface area contributed by atoms with E-state index in [9.17, 15) is 18.0 Å². The number of hydrogen-bond donors (Lipinski definition) is 1. The van der Waals surface area contributed by atoms with Crippen LogP contribution in [0.1, 0.15) is 34.2 Å². The molecule has 0 aliphatic rings. The van der Waals surface area contributed by atoms with Crippen LogP contribution in [0, 0.1) is 6.92 Å². The van der Waals surface area contributed by atoms with Crippen molar-refractivity contribution in [3.05, 3.63) is 64.1 Å². The zero-order valence-electron chi connectivity index (χ0n) is 14.0. The van der Waals surface area contributed by atoms with Crippen molar-refractivity contribution in [3.63, 3.8) is 0 Å². The minimum Gasteiger partial charge on any atom is -0.320 e. The van der Waals surface area contributed by atoms with Crippen LogP contribution in [-0.4, -0.2) is 15.3 Å². The first-order valence-corrected chi connectivity index (χ1v) is 8.24. The molecule has 1 N–H and O–H groups in total. The topological polar surface area (TPSA) is 46.4 Å². The molecule has 0 aliphatic carbocycles. The van der Waals surface area contributed by atoms with Gasteiger partial charge in [-0.25, -0.2) is 4.98 Å². The molecule has 0 unspecified atom stereocenters. The molecule has 26 heavy (non-hydrogen) atoms. The van der Waals surface area contributed by atoms with Crippen molar-refractivity contribution >= 4 is 28.8 Å². The normalized spacial score (nSPS) is 11.8. The molecule has 0 spiro atoms. The first kappa shape index (κ1) is 18.3. The lowest BCUT2D eigenvalue weighted by molar-refractivity contribution is -0.137. The van der Waals surface area contributed by atoms with E-state index in [1.165, 1.54) is 10.5 Å². The maximum absolute atomic E-state index is 13.0. The first-order valence-electron chi connectivity index (χ1n) is 7.86. The predicted octanol–water partition coefficient (Wildman–Crippen LogP) is 5.13. The number of carbonyl (C=O) groups is 1. The fourth-order valence-corrected chi connectivity index (χ4v) is 2.83. The number of amides is 1. The molecule has 0 atom stereocenters. The molecule has 0 bridgehead atoms. The summed E-state index contributed by atoms with van der Waals surface area (Å²) in [5, 5.41) is 3.16. The Hall–Kier alpha value is -2.54. The molecule has 1 aromatic carbocycles. The molecule has 2 aromatic heterocycles. The van der Waals surface area contributed by atoms with Gasteiger partial charge in [-0.05, 0) is 43.2 Å². The van der Waals surface area contributed by atoms with Crippen molar-refractivity contribution < 1.29 is 18.0 Å². The highest BCUT2D eigenvalue weighted by Gasteiger charge is 2.32. The van der Waals surface area contributed by atoms with Crippen LogP contribution in [0.5, 0.6) is 0 Å². The highest BCUT2D eigenvalue weighted by Crippen LogP contribution is 2.30. The smallest absolute Gasteiger partial charge is 0.320 e. The molecular formula is C18H15ClF3N3O. The van der Waals surface area contributed by atoms with Crippen molar-refractivity contribution in [2.45, 2.75) is 26.4 Å². The van der Waals surface area contributed by atoms with Gasteiger partial charge in [-0.3, -0.25) is 9.20 Å². The molecule has 0 saturated heterocycles. The Bertz CT molecular complexity index is 995. The van der Waals surface area contributed by atoms with Gasteiger partial charge >= 0.3 is 6.18 Å². The van der Waals surface area contributed by atoms with E-state index in [0.717, 1.165) is 17.8 Å². The summed E-state index contributed by atoms with van der Waals surface area (Å²) >= 11 is 5.96. The number of anilines is 1. The number of carbonyl (C=O) groups excluding carboxylic acids is 1. The largest absolute Gasteiger partial charge is 0.417 e. The number of nitrogens with zero attached hydrogens (tertiary/aromatic N) is 2. The van der Waals surface area contributed by atoms with E-state index in [1.807, 2.05) is 0 Å². The second-order valence-corrected chi connectivity index (χ2v) is 6.25. The van der Waals surface area contributed by atoms with Crippen molar-refractivity contribution in [1.29, 1.82) is 0 Å². The SMILES string of the molecule is CCc1nc2ccc(C(F)(F)F)cn2c1C(=O)Nc1cc(Cl)ccc1C. The van der Waals surface area contributed by atoms with Crippen LogP contribution in [0.15, 0.2) is 36.5 Å². The van der Waals surface area contributed by atoms with Crippen molar-refractivity contribution in [1.82, 2.24) is 9.38 Å². The van der Waals surface area contributed by atoms with Crippen molar-refractivity contribution in [2.24, 2.45) is 0 Å². The molecule has 0 radical (unpaired) electrons. The number of fused-ring (bicyclic) bond motifs is 1. The number of nitrogens with one attached hydrogen (secondary N) is 1. The van der Waals surface area contributed by atoms with E-state index in [2.05, 4.69) is 10.3 Å². The molecule has 3 rings (SSSR count). The van der Waals surface area contributed by atoms with E-state index in [1.54, 1.807) is 32.0 Å². The Kier molecular flexibility index (Phi) is 4.66. The summed E-state index contributed by atoms with van der Waals surface area (Å²) in [5.74, 6) is -0.543. The predicted molar refractivity (Wildman–Crippen MR) is 93.7 cm³/mol. The number of aromatic nitrogens is 2. The van der Waals surface area contributed by atoms with Gasteiger partial charge in [0, 0.05) is 16.9 Å². The maximum atomic E-state index is 13.0. The number of benzene rings is 1. The van der Waals surface area contributed by atoms with Crippen LogP contribution in [0.4, 0.5) is 18.9 Å². The third kappa shape index (κ3) is 3.39. The number of alkyl halides is 3. The molecule has 0 fully saturated rings. The Labute approximate surface area is 152 Å². The minimum atomic E-state index is -4.51. The molecule has 4 nitrogen and oxygen atoms in total. The highest BCUT2D eigenvalue weighted by molar-refractivity contribution is 6.31. The van der Waals surface area contributed by atoms with Crippen LogP contribution in [-0.2, 0) is 12.6 Å². The van der Waals surface area contributed by atoms with Gasteiger partial charge in [-0.2, -0.15) is 13.2 Å². The summed E-state index contributed by atoms with van der Waals surface area (Å²) in [7, 11) is 0. The van der Waals surface area contributed by atoms with E-state index in [0.29, 0.717) is 22.8 Å². The summed E-state index contributed by atoms with van der Waals surface area (Å²) in [6.07, 6.45) is -3.22. The fraction of sp³-hybridized carbons (Fsp3) is 0.222.